The number of nitriles is 1. The molecular weight excluding hydrogens is 272 g/mol. The summed E-state index contributed by atoms with van der Waals surface area (Å²) in [6.07, 6.45) is 1.77. The number of amides is 1. The molecule has 2 aromatic rings. The van der Waals surface area contributed by atoms with Gasteiger partial charge in [-0.2, -0.15) is 5.26 Å². The Morgan fingerprint density at radius 2 is 1.70 bits per heavy atom. The molecule has 1 aliphatic heterocycles. The summed E-state index contributed by atoms with van der Waals surface area (Å²) in [5, 5.41) is 8.76. The maximum absolute atomic E-state index is 11.9. The third-order valence-corrected chi connectivity index (χ3v) is 3.38. The summed E-state index contributed by atoms with van der Waals surface area (Å²) in [6, 6.07) is 16.8. The molecule has 0 saturated carbocycles. The Morgan fingerprint density at radius 1 is 1.05 bits per heavy atom. The topological polar surface area (TPSA) is 44.1 Å². The van der Waals surface area contributed by atoms with Gasteiger partial charge in [0.05, 0.1) is 23.0 Å². The van der Waals surface area contributed by atoms with Gasteiger partial charge >= 0.3 is 5.37 Å². The molecule has 0 bridgehead atoms. The SMILES string of the molecule is N#CC1=Cc2ccccc2N(C(=O)Cl)c2ccccc21. The minimum atomic E-state index is -0.600. The average molecular weight is 281 g/mol. The van der Waals surface area contributed by atoms with Crippen LogP contribution in [0.3, 0.4) is 0 Å². The van der Waals surface area contributed by atoms with Gasteiger partial charge in [-0.25, -0.2) is 0 Å². The number of hydrogen-bond donors (Lipinski definition) is 0. The second kappa shape index (κ2) is 4.84. The van der Waals surface area contributed by atoms with Crippen LogP contribution in [-0.2, 0) is 0 Å². The predicted molar refractivity (Wildman–Crippen MR) is 79.8 cm³/mol. The molecule has 96 valence electrons. The number of para-hydroxylation sites is 2. The third kappa shape index (κ3) is 1.87. The molecule has 0 radical (unpaired) electrons. The maximum Gasteiger partial charge on any atom is 0.325 e. The molecule has 20 heavy (non-hydrogen) atoms. The van der Waals surface area contributed by atoms with E-state index in [9.17, 15) is 10.1 Å². The second-order valence-corrected chi connectivity index (χ2v) is 4.66. The summed E-state index contributed by atoms with van der Waals surface area (Å²) >= 11 is 5.76. The van der Waals surface area contributed by atoms with Crippen LogP contribution in [-0.4, -0.2) is 5.37 Å². The van der Waals surface area contributed by atoms with Crippen LogP contribution in [0.5, 0.6) is 0 Å². The normalized spacial score (nSPS) is 12.6. The first kappa shape index (κ1) is 12.5. The van der Waals surface area contributed by atoms with Gasteiger partial charge in [0.1, 0.15) is 0 Å². The first-order chi connectivity index (χ1) is 9.72. The van der Waals surface area contributed by atoms with Gasteiger partial charge in [-0.1, -0.05) is 36.4 Å². The summed E-state index contributed by atoms with van der Waals surface area (Å²) in [7, 11) is 0. The number of benzene rings is 2. The number of carbonyl (C=O) groups excluding carboxylic acids is 1. The van der Waals surface area contributed by atoms with Crippen LogP contribution in [0.15, 0.2) is 48.5 Å². The Balaban J connectivity index is 2.39. The van der Waals surface area contributed by atoms with E-state index in [4.69, 9.17) is 11.6 Å². The minimum Gasteiger partial charge on any atom is -0.266 e. The van der Waals surface area contributed by atoms with Crippen LogP contribution in [0.25, 0.3) is 11.6 Å². The number of rotatable bonds is 0. The third-order valence-electron chi connectivity index (χ3n) is 3.21. The number of allylic oxidation sites excluding steroid dienone is 1. The lowest BCUT2D eigenvalue weighted by Gasteiger charge is -2.22. The number of hydrogen-bond acceptors (Lipinski definition) is 2. The highest BCUT2D eigenvalue weighted by Crippen LogP contribution is 2.39. The van der Waals surface area contributed by atoms with Gasteiger partial charge in [0.25, 0.3) is 0 Å². The van der Waals surface area contributed by atoms with E-state index in [1.54, 1.807) is 12.1 Å². The van der Waals surface area contributed by atoms with Crippen molar-refractivity contribution in [2.45, 2.75) is 0 Å². The molecule has 0 atom stereocenters. The standard InChI is InChI=1S/C16H9ClN2O/c17-16(20)19-14-7-3-1-5-11(14)9-12(10-18)13-6-2-4-8-15(13)19/h1-9H. The maximum atomic E-state index is 11.9. The van der Waals surface area contributed by atoms with Crippen LogP contribution in [0.4, 0.5) is 16.2 Å². The molecule has 0 saturated heterocycles. The van der Waals surface area contributed by atoms with Crippen LogP contribution >= 0.6 is 11.6 Å². The van der Waals surface area contributed by atoms with Gasteiger partial charge < -0.3 is 0 Å². The number of nitrogens with zero attached hydrogens (tertiary/aromatic N) is 2. The molecule has 1 amide bonds. The van der Waals surface area contributed by atoms with Crippen LogP contribution < -0.4 is 4.90 Å². The van der Waals surface area contributed by atoms with Crippen molar-refractivity contribution in [1.82, 2.24) is 0 Å². The molecule has 1 aliphatic rings. The molecule has 0 aromatic heterocycles. The quantitative estimate of drug-likeness (QED) is 0.524. The number of anilines is 2. The van der Waals surface area contributed by atoms with Gasteiger partial charge in [0.2, 0.25) is 0 Å². The molecule has 3 nitrogen and oxygen atoms in total. The van der Waals surface area contributed by atoms with E-state index >= 15 is 0 Å². The van der Waals surface area contributed by atoms with E-state index in [1.165, 1.54) is 4.90 Å². The molecule has 0 N–H and O–H groups in total. The molecule has 0 aliphatic carbocycles. The highest BCUT2D eigenvalue weighted by Gasteiger charge is 2.25. The Bertz CT molecular complexity index is 774. The van der Waals surface area contributed by atoms with E-state index in [0.29, 0.717) is 22.5 Å². The van der Waals surface area contributed by atoms with Crippen molar-refractivity contribution in [2.24, 2.45) is 0 Å². The van der Waals surface area contributed by atoms with E-state index in [2.05, 4.69) is 6.07 Å². The average Bonchev–Trinajstić information content (AvgIpc) is 2.61. The molecule has 0 spiro atoms. The fraction of sp³-hybridized carbons (Fsp3) is 0. The minimum absolute atomic E-state index is 0.508. The molecule has 2 aromatic carbocycles. The van der Waals surface area contributed by atoms with Crippen molar-refractivity contribution < 1.29 is 4.79 Å². The molecular formula is C16H9ClN2O. The Morgan fingerprint density at radius 3 is 2.40 bits per heavy atom. The molecule has 4 heteroatoms. The van der Waals surface area contributed by atoms with E-state index in [0.717, 1.165) is 5.56 Å². The smallest absolute Gasteiger partial charge is 0.266 e. The number of fused-ring (bicyclic) bond motifs is 2. The molecule has 3 rings (SSSR count). The molecule has 0 fully saturated rings. The highest BCUT2D eigenvalue weighted by molar-refractivity contribution is 6.67. The van der Waals surface area contributed by atoms with E-state index in [1.807, 2.05) is 42.5 Å². The van der Waals surface area contributed by atoms with Crippen LogP contribution in [0.2, 0.25) is 0 Å². The zero-order valence-corrected chi connectivity index (χ0v) is 11.1. The molecule has 0 unspecified atom stereocenters. The van der Waals surface area contributed by atoms with Crippen molar-refractivity contribution in [3.8, 4) is 6.07 Å². The molecule has 1 heterocycles. The van der Waals surface area contributed by atoms with Gasteiger partial charge in [-0.05, 0) is 35.4 Å². The fourth-order valence-electron chi connectivity index (χ4n) is 2.35. The first-order valence-electron chi connectivity index (χ1n) is 6.02. The Labute approximate surface area is 121 Å². The predicted octanol–water partition coefficient (Wildman–Crippen LogP) is 4.56. The van der Waals surface area contributed by atoms with Gasteiger partial charge in [-0.15, -0.1) is 0 Å². The lowest BCUT2D eigenvalue weighted by Crippen LogP contribution is -2.20. The van der Waals surface area contributed by atoms with Crippen molar-refractivity contribution in [1.29, 1.82) is 5.26 Å². The van der Waals surface area contributed by atoms with Crippen LogP contribution in [0.1, 0.15) is 11.1 Å². The Kier molecular flexibility index (Phi) is 3.02. The van der Waals surface area contributed by atoms with Gasteiger partial charge in [0.15, 0.2) is 0 Å². The largest absolute Gasteiger partial charge is 0.325 e. The summed E-state index contributed by atoms with van der Waals surface area (Å²) < 4.78 is 0. The lowest BCUT2D eigenvalue weighted by atomic mass is 10.0. The zero-order valence-electron chi connectivity index (χ0n) is 10.4. The first-order valence-corrected chi connectivity index (χ1v) is 6.40. The summed E-state index contributed by atoms with van der Waals surface area (Å²) in [4.78, 5) is 13.3. The number of carbonyl (C=O) groups is 1. The van der Waals surface area contributed by atoms with Crippen LogP contribution in [0, 0.1) is 11.3 Å². The lowest BCUT2D eigenvalue weighted by molar-refractivity contribution is 0.266. The number of halogens is 1. The van der Waals surface area contributed by atoms with Crippen molar-refractivity contribution in [3.05, 3.63) is 59.7 Å². The monoisotopic (exact) mass is 280 g/mol. The zero-order chi connectivity index (χ0) is 14.1. The fourth-order valence-corrected chi connectivity index (χ4v) is 2.54. The highest BCUT2D eigenvalue weighted by atomic mass is 35.5. The van der Waals surface area contributed by atoms with E-state index < -0.39 is 5.37 Å². The Hall–Kier alpha value is -2.57. The summed E-state index contributed by atoms with van der Waals surface area (Å²) in [5.74, 6) is 0. The second-order valence-electron chi connectivity index (χ2n) is 4.33. The van der Waals surface area contributed by atoms with Gasteiger partial charge in [0, 0.05) is 5.56 Å². The van der Waals surface area contributed by atoms with Crippen molar-refractivity contribution >= 4 is 40.0 Å². The summed E-state index contributed by atoms with van der Waals surface area (Å²) in [6.45, 7) is 0. The van der Waals surface area contributed by atoms with E-state index in [-0.39, 0.29) is 0 Å². The van der Waals surface area contributed by atoms with Crippen molar-refractivity contribution in [3.63, 3.8) is 0 Å². The van der Waals surface area contributed by atoms with Gasteiger partial charge in [-0.3, -0.25) is 9.69 Å². The van der Waals surface area contributed by atoms with Crippen molar-refractivity contribution in [2.75, 3.05) is 4.90 Å². The summed E-state index contributed by atoms with van der Waals surface area (Å²) in [5.41, 5.74) is 3.28.